The molecule has 0 bridgehead atoms. The van der Waals surface area contributed by atoms with Crippen LogP contribution in [0.15, 0.2) is 12.1 Å². The van der Waals surface area contributed by atoms with Gasteiger partial charge in [-0.1, -0.05) is 13.8 Å². The quantitative estimate of drug-likeness (QED) is 0.524. The smallest absolute Gasteiger partial charge is 0.286 e. The highest BCUT2D eigenvalue weighted by Gasteiger charge is 2.33. The Morgan fingerprint density at radius 1 is 1.28 bits per heavy atom. The Labute approximate surface area is 172 Å². The molecule has 0 saturated carbocycles. The van der Waals surface area contributed by atoms with Gasteiger partial charge in [0.1, 0.15) is 5.56 Å². The second kappa shape index (κ2) is 9.43. The molecule has 1 aliphatic rings. The number of amides is 1. The molecule has 0 radical (unpaired) electrons. The van der Waals surface area contributed by atoms with Gasteiger partial charge in [-0.05, 0) is 39.0 Å². The Morgan fingerprint density at radius 3 is 2.41 bits per heavy atom. The summed E-state index contributed by atoms with van der Waals surface area (Å²) in [4.78, 5) is 26.2. The number of hydrogen-bond donors (Lipinski definition) is 1. The van der Waals surface area contributed by atoms with Crippen LogP contribution in [0.4, 0.5) is 5.69 Å². The minimum atomic E-state index is -0.577. The van der Waals surface area contributed by atoms with Crippen molar-refractivity contribution < 1.29 is 19.2 Å². The molecule has 162 valence electrons. The Balaban J connectivity index is 2.21. The highest BCUT2D eigenvalue weighted by Crippen LogP contribution is 2.35. The number of carbonyl (C=O) groups excluding carboxylic acids is 1. The van der Waals surface area contributed by atoms with E-state index in [9.17, 15) is 14.9 Å². The van der Waals surface area contributed by atoms with E-state index in [1.165, 1.54) is 25.7 Å². The van der Waals surface area contributed by atoms with Crippen LogP contribution in [0.1, 0.15) is 51.4 Å². The fourth-order valence-electron chi connectivity index (χ4n) is 3.97. The Morgan fingerprint density at radius 2 is 1.90 bits per heavy atom. The first-order valence-electron chi connectivity index (χ1n) is 10.1. The second-order valence-electron chi connectivity index (χ2n) is 8.56. The molecule has 2 unspecified atom stereocenters. The highest BCUT2D eigenvalue weighted by molar-refractivity contribution is 5.99. The summed E-state index contributed by atoms with van der Waals surface area (Å²) in [6.07, 6.45) is 1.21. The summed E-state index contributed by atoms with van der Waals surface area (Å²) in [5.74, 6) is 1.25. The summed E-state index contributed by atoms with van der Waals surface area (Å²) >= 11 is 0. The molecule has 2 atom stereocenters. The van der Waals surface area contributed by atoms with Crippen LogP contribution in [-0.2, 0) is 0 Å². The maximum atomic E-state index is 12.9. The van der Waals surface area contributed by atoms with Crippen molar-refractivity contribution >= 4 is 11.6 Å². The van der Waals surface area contributed by atoms with Crippen molar-refractivity contribution in [1.82, 2.24) is 10.2 Å². The molecule has 1 heterocycles. The van der Waals surface area contributed by atoms with E-state index in [1.54, 1.807) is 6.92 Å². The van der Waals surface area contributed by atoms with Crippen molar-refractivity contribution in [2.24, 2.45) is 11.8 Å². The topological polar surface area (TPSA) is 93.9 Å². The summed E-state index contributed by atoms with van der Waals surface area (Å²) in [7, 11) is 1.41. The number of carbonyl (C=O) groups is 1. The van der Waals surface area contributed by atoms with Crippen LogP contribution in [0.25, 0.3) is 0 Å². The number of likely N-dealkylation sites (tertiary alicyclic amines) is 1. The lowest BCUT2D eigenvalue weighted by molar-refractivity contribution is -0.385. The predicted molar refractivity (Wildman–Crippen MR) is 112 cm³/mol. The molecule has 2 rings (SSSR count). The predicted octanol–water partition coefficient (Wildman–Crippen LogP) is 3.49. The summed E-state index contributed by atoms with van der Waals surface area (Å²) in [5.41, 5.74) is -0.598. The van der Waals surface area contributed by atoms with E-state index in [4.69, 9.17) is 9.47 Å². The van der Waals surface area contributed by atoms with Gasteiger partial charge in [-0.2, -0.15) is 0 Å². The normalized spacial score (nSPS) is 20.2. The van der Waals surface area contributed by atoms with Crippen LogP contribution in [0.2, 0.25) is 0 Å². The average molecular weight is 408 g/mol. The number of benzene rings is 1. The first-order valence-corrected chi connectivity index (χ1v) is 10.1. The molecular formula is C21H33N3O5. The molecule has 1 saturated heterocycles. The lowest BCUT2D eigenvalue weighted by Crippen LogP contribution is -2.56. The summed E-state index contributed by atoms with van der Waals surface area (Å²) < 4.78 is 10.7. The zero-order valence-electron chi connectivity index (χ0n) is 18.3. The lowest BCUT2D eigenvalue weighted by atomic mass is 9.88. The SMILES string of the molecule is CCOc1cc(C(=O)NCC(C)(C)N2CC(C)CC(C)C2)c([N+](=O)[O-])cc1OC. The second-order valence-corrected chi connectivity index (χ2v) is 8.56. The number of nitrogens with one attached hydrogen (secondary N) is 1. The molecule has 0 aliphatic carbocycles. The maximum absolute atomic E-state index is 12.9. The van der Waals surface area contributed by atoms with Gasteiger partial charge >= 0.3 is 0 Å². The molecule has 1 aromatic carbocycles. The van der Waals surface area contributed by atoms with Crippen molar-refractivity contribution in [1.29, 1.82) is 0 Å². The van der Waals surface area contributed by atoms with E-state index in [2.05, 4.69) is 37.9 Å². The highest BCUT2D eigenvalue weighted by atomic mass is 16.6. The standard InChI is InChI=1S/C21H33N3O5/c1-7-29-19-9-16(17(24(26)27)10-18(19)28-6)20(25)22-13-21(4,5)23-11-14(2)8-15(3)12-23/h9-10,14-15H,7-8,11-13H2,1-6H3,(H,22,25). The van der Waals surface area contributed by atoms with Gasteiger partial charge in [0, 0.05) is 31.2 Å². The van der Waals surface area contributed by atoms with Crippen LogP contribution in [0.3, 0.4) is 0 Å². The van der Waals surface area contributed by atoms with Crippen molar-refractivity contribution in [2.75, 3.05) is 33.4 Å². The zero-order chi connectivity index (χ0) is 21.8. The number of nitrogens with zero attached hydrogens (tertiary/aromatic N) is 2. The van der Waals surface area contributed by atoms with E-state index >= 15 is 0 Å². The third kappa shape index (κ3) is 5.59. The number of methoxy groups -OCH3 is 1. The van der Waals surface area contributed by atoms with Gasteiger partial charge in [-0.3, -0.25) is 19.8 Å². The molecular weight excluding hydrogens is 374 g/mol. The fraction of sp³-hybridized carbons (Fsp3) is 0.667. The minimum absolute atomic E-state index is 0.0320. The molecule has 8 heteroatoms. The summed E-state index contributed by atoms with van der Waals surface area (Å²) in [6.45, 7) is 13.2. The molecule has 1 N–H and O–H groups in total. The first-order chi connectivity index (χ1) is 13.6. The molecule has 0 spiro atoms. The van der Waals surface area contributed by atoms with Gasteiger partial charge in [-0.25, -0.2) is 0 Å². The number of nitro groups is 1. The number of ether oxygens (including phenoxy) is 2. The van der Waals surface area contributed by atoms with Crippen LogP contribution in [0, 0.1) is 22.0 Å². The molecule has 1 amide bonds. The van der Waals surface area contributed by atoms with Gasteiger partial charge < -0.3 is 14.8 Å². The number of rotatable bonds is 8. The fourth-order valence-corrected chi connectivity index (χ4v) is 3.97. The van der Waals surface area contributed by atoms with Crippen molar-refractivity contribution in [3.63, 3.8) is 0 Å². The minimum Gasteiger partial charge on any atom is -0.493 e. The monoisotopic (exact) mass is 407 g/mol. The van der Waals surface area contributed by atoms with Gasteiger partial charge in [0.15, 0.2) is 11.5 Å². The number of piperidine rings is 1. The summed E-state index contributed by atoms with van der Waals surface area (Å²) in [5, 5.41) is 14.4. The van der Waals surface area contributed by atoms with E-state index in [1.807, 2.05) is 0 Å². The average Bonchev–Trinajstić information content (AvgIpc) is 2.65. The van der Waals surface area contributed by atoms with Gasteiger partial charge in [0.2, 0.25) is 0 Å². The Kier molecular flexibility index (Phi) is 7.46. The van der Waals surface area contributed by atoms with Crippen LogP contribution in [-0.4, -0.2) is 54.6 Å². The molecule has 8 nitrogen and oxygen atoms in total. The number of nitro benzene ring substituents is 1. The largest absolute Gasteiger partial charge is 0.493 e. The third-order valence-corrected chi connectivity index (χ3v) is 5.43. The van der Waals surface area contributed by atoms with Gasteiger partial charge in [-0.15, -0.1) is 0 Å². The van der Waals surface area contributed by atoms with Crippen molar-refractivity contribution in [3.8, 4) is 11.5 Å². The maximum Gasteiger partial charge on any atom is 0.286 e. The molecule has 1 fully saturated rings. The van der Waals surface area contributed by atoms with E-state index in [0.717, 1.165) is 13.1 Å². The molecule has 1 aromatic rings. The van der Waals surface area contributed by atoms with E-state index in [-0.39, 0.29) is 22.5 Å². The lowest BCUT2D eigenvalue weighted by Gasteiger charge is -2.45. The molecule has 29 heavy (non-hydrogen) atoms. The van der Waals surface area contributed by atoms with Crippen LogP contribution in [0.5, 0.6) is 11.5 Å². The van der Waals surface area contributed by atoms with Crippen LogP contribution >= 0.6 is 0 Å². The molecule has 1 aliphatic heterocycles. The summed E-state index contributed by atoms with van der Waals surface area (Å²) in [6, 6.07) is 2.62. The first kappa shape index (κ1) is 22.9. The number of hydrogen-bond acceptors (Lipinski definition) is 6. The third-order valence-electron chi connectivity index (χ3n) is 5.43. The van der Waals surface area contributed by atoms with E-state index < -0.39 is 10.8 Å². The molecule has 0 aromatic heterocycles. The zero-order valence-corrected chi connectivity index (χ0v) is 18.3. The van der Waals surface area contributed by atoms with E-state index in [0.29, 0.717) is 30.7 Å². The Hall–Kier alpha value is -2.35. The van der Waals surface area contributed by atoms with Gasteiger partial charge in [0.25, 0.3) is 11.6 Å². The Bertz CT molecular complexity index is 740. The van der Waals surface area contributed by atoms with Gasteiger partial charge in [0.05, 0.1) is 24.7 Å². The van der Waals surface area contributed by atoms with Crippen molar-refractivity contribution in [2.45, 2.75) is 46.6 Å². The van der Waals surface area contributed by atoms with Crippen molar-refractivity contribution in [3.05, 3.63) is 27.8 Å². The van der Waals surface area contributed by atoms with Crippen LogP contribution < -0.4 is 14.8 Å².